The van der Waals surface area contributed by atoms with Crippen LogP contribution in [0, 0.1) is 6.92 Å². The van der Waals surface area contributed by atoms with Gasteiger partial charge in [0.15, 0.2) is 0 Å². The van der Waals surface area contributed by atoms with Crippen LogP contribution in [0.2, 0.25) is 0 Å². The number of halogens is 3. The molecule has 1 amide bonds. The van der Waals surface area contributed by atoms with E-state index >= 15 is 0 Å². The van der Waals surface area contributed by atoms with Crippen LogP contribution >= 0.6 is 0 Å². The summed E-state index contributed by atoms with van der Waals surface area (Å²) in [5.74, 6) is 0.958. The second-order valence-corrected chi connectivity index (χ2v) is 11.2. The second kappa shape index (κ2) is 13.2. The van der Waals surface area contributed by atoms with E-state index in [1.54, 1.807) is 38.5 Å². The second-order valence-electron chi connectivity index (χ2n) is 11.2. The number of nitrogens with one attached hydrogen (secondary N) is 3. The number of alkyl halides is 3. The first-order chi connectivity index (χ1) is 21.0. The Kier molecular flexibility index (Phi) is 9.35. The van der Waals surface area contributed by atoms with Crippen molar-refractivity contribution in [2.24, 2.45) is 4.99 Å². The van der Waals surface area contributed by atoms with Gasteiger partial charge in [0.25, 0.3) is 5.91 Å². The number of likely N-dealkylation sites (N-methyl/N-ethyl adjacent to an activating group) is 1. The minimum Gasteiger partial charge on any atom is -0.438 e. The molecule has 1 saturated carbocycles. The zero-order valence-corrected chi connectivity index (χ0v) is 25.3. The Morgan fingerprint density at radius 1 is 1.11 bits per heavy atom. The number of benzene rings is 2. The van der Waals surface area contributed by atoms with Crippen molar-refractivity contribution in [3.05, 3.63) is 64.2 Å². The first kappa shape index (κ1) is 31.2. The van der Waals surface area contributed by atoms with Crippen molar-refractivity contribution in [2.75, 3.05) is 63.3 Å². The first-order valence-electron chi connectivity index (χ1n) is 14.5. The number of nitrogens with zero attached hydrogens (tertiary/aromatic N) is 5. The Hall–Kier alpha value is -4.23. The number of hydrogen-bond donors (Lipinski definition) is 3. The number of hydrogen-bond acceptors (Lipinski definition) is 9. The molecule has 1 saturated heterocycles. The summed E-state index contributed by atoms with van der Waals surface area (Å²) in [4.78, 5) is 30.6. The summed E-state index contributed by atoms with van der Waals surface area (Å²) in [7, 11) is 5.36. The molecule has 1 aromatic heterocycles. The van der Waals surface area contributed by atoms with E-state index in [4.69, 9.17) is 4.74 Å². The Bertz CT molecular complexity index is 1530. The fourth-order valence-electron chi connectivity index (χ4n) is 4.90. The van der Waals surface area contributed by atoms with Gasteiger partial charge in [-0.2, -0.15) is 23.1 Å². The van der Waals surface area contributed by atoms with E-state index in [0.29, 0.717) is 42.2 Å². The summed E-state index contributed by atoms with van der Waals surface area (Å²) >= 11 is 0. The zero-order chi connectivity index (χ0) is 31.4. The summed E-state index contributed by atoms with van der Waals surface area (Å²) in [6.45, 7) is 5.01. The molecular weight excluding hydrogens is 573 g/mol. The zero-order valence-electron chi connectivity index (χ0n) is 25.3. The molecule has 0 bridgehead atoms. The van der Waals surface area contributed by atoms with Crippen molar-refractivity contribution in [1.82, 2.24) is 19.8 Å². The Morgan fingerprint density at radius 2 is 1.86 bits per heavy atom. The fourth-order valence-corrected chi connectivity index (χ4v) is 4.90. The molecule has 1 aliphatic carbocycles. The maximum absolute atomic E-state index is 14.1. The number of aliphatic imine (C=N–C) groups is 1. The Morgan fingerprint density at radius 3 is 2.52 bits per heavy atom. The summed E-state index contributed by atoms with van der Waals surface area (Å²) in [6, 6.07) is 9.11. The van der Waals surface area contributed by atoms with Gasteiger partial charge in [0.2, 0.25) is 11.8 Å². The third-order valence-electron chi connectivity index (χ3n) is 7.64. The predicted octanol–water partition coefficient (Wildman–Crippen LogP) is 5.26. The smallest absolute Gasteiger partial charge is 0.416 e. The molecule has 3 aromatic rings. The van der Waals surface area contributed by atoms with Crippen LogP contribution in [0.15, 0.2) is 41.4 Å². The topological polar surface area (TPSA) is 107 Å². The van der Waals surface area contributed by atoms with Gasteiger partial charge in [0.1, 0.15) is 11.6 Å². The van der Waals surface area contributed by atoms with Gasteiger partial charge in [-0.15, -0.1) is 0 Å². The average molecular weight is 611 g/mol. The van der Waals surface area contributed by atoms with Gasteiger partial charge in [0.05, 0.1) is 11.1 Å². The molecule has 0 spiro atoms. The van der Waals surface area contributed by atoms with Crippen LogP contribution in [0.5, 0.6) is 11.6 Å². The normalized spacial score (nSPS) is 16.2. The van der Waals surface area contributed by atoms with Crippen molar-refractivity contribution < 1.29 is 22.7 Å². The van der Waals surface area contributed by atoms with Crippen LogP contribution in [0.3, 0.4) is 0 Å². The van der Waals surface area contributed by atoms with Crippen LogP contribution in [-0.4, -0.2) is 85.3 Å². The van der Waals surface area contributed by atoms with E-state index in [1.807, 2.05) is 18.9 Å². The van der Waals surface area contributed by atoms with E-state index in [0.717, 1.165) is 37.6 Å². The van der Waals surface area contributed by atoms with Crippen molar-refractivity contribution in [3.8, 4) is 11.6 Å². The highest BCUT2D eigenvalue weighted by molar-refractivity contribution is 6.04. The minimum absolute atomic E-state index is 0.0548. The number of aromatic nitrogens is 2. The van der Waals surface area contributed by atoms with Crippen LogP contribution in [0.4, 0.5) is 30.6 Å². The molecule has 3 N–H and O–H groups in total. The third kappa shape index (κ3) is 7.64. The number of piperazine rings is 1. The summed E-state index contributed by atoms with van der Waals surface area (Å²) in [6.07, 6.45) is -0.914. The number of amides is 1. The Labute approximate surface area is 254 Å². The number of carbonyl (C=O) groups is 1. The van der Waals surface area contributed by atoms with Gasteiger partial charge >= 0.3 is 6.18 Å². The van der Waals surface area contributed by atoms with E-state index in [1.165, 1.54) is 12.1 Å². The molecule has 13 heteroatoms. The molecule has 0 radical (unpaired) electrons. The maximum Gasteiger partial charge on any atom is 0.416 e. The predicted molar refractivity (Wildman–Crippen MR) is 165 cm³/mol. The molecule has 234 valence electrons. The lowest BCUT2D eigenvalue weighted by atomic mass is 10.0. The monoisotopic (exact) mass is 610 g/mol. The molecule has 0 unspecified atom stereocenters. The van der Waals surface area contributed by atoms with Gasteiger partial charge in [-0.1, -0.05) is 12.1 Å². The van der Waals surface area contributed by atoms with E-state index < -0.39 is 17.6 Å². The minimum atomic E-state index is -4.57. The first-order valence-corrected chi connectivity index (χ1v) is 14.5. The molecule has 2 aliphatic rings. The summed E-state index contributed by atoms with van der Waals surface area (Å²) < 4.78 is 48.4. The van der Waals surface area contributed by atoms with Crippen molar-refractivity contribution in [2.45, 2.75) is 38.5 Å². The van der Waals surface area contributed by atoms with Gasteiger partial charge in [-0.3, -0.25) is 14.7 Å². The molecule has 0 atom stereocenters. The van der Waals surface area contributed by atoms with Gasteiger partial charge < -0.3 is 25.6 Å². The molecule has 10 nitrogen and oxygen atoms in total. The van der Waals surface area contributed by atoms with Gasteiger partial charge in [0, 0.05) is 70.3 Å². The molecular formula is C31H37F3N8O2. The lowest BCUT2D eigenvalue weighted by Crippen LogP contribution is -2.44. The summed E-state index contributed by atoms with van der Waals surface area (Å²) in [5, 5.41) is 8.93. The molecule has 2 heterocycles. The lowest BCUT2D eigenvalue weighted by Gasteiger charge is -2.33. The highest BCUT2D eigenvalue weighted by atomic mass is 19.4. The SMILES string of the molecule is CN=Cc1c(NC)nc(NC2CC2)nc1Oc1cc(C(=O)Nc2ccc(CN3CCN(C)CC3)c(C(F)(F)F)c2)ccc1C. The maximum atomic E-state index is 14.1. The van der Waals surface area contributed by atoms with E-state index in [9.17, 15) is 18.0 Å². The molecule has 2 aromatic carbocycles. The Balaban J connectivity index is 1.37. The number of aryl methyl sites for hydroxylation is 1. The third-order valence-corrected chi connectivity index (χ3v) is 7.64. The number of rotatable bonds is 10. The quantitative estimate of drug-likeness (QED) is 0.267. The number of carbonyl (C=O) groups excluding carboxylic acids is 1. The number of ether oxygens (including phenoxy) is 1. The van der Waals surface area contributed by atoms with Crippen LogP contribution in [0.1, 0.15) is 45.5 Å². The summed E-state index contributed by atoms with van der Waals surface area (Å²) in [5.41, 5.74) is 0.951. The lowest BCUT2D eigenvalue weighted by molar-refractivity contribution is -0.138. The van der Waals surface area contributed by atoms with Crippen LogP contribution in [-0.2, 0) is 12.7 Å². The van der Waals surface area contributed by atoms with Gasteiger partial charge in [-0.05, 0) is 62.2 Å². The molecule has 1 aliphatic heterocycles. The average Bonchev–Trinajstić information content (AvgIpc) is 3.80. The molecule has 5 rings (SSSR count). The highest BCUT2D eigenvalue weighted by Crippen LogP contribution is 2.35. The van der Waals surface area contributed by atoms with E-state index in [-0.39, 0.29) is 29.2 Å². The van der Waals surface area contributed by atoms with Gasteiger partial charge in [-0.25, -0.2) is 0 Å². The highest BCUT2D eigenvalue weighted by Gasteiger charge is 2.34. The van der Waals surface area contributed by atoms with E-state index in [2.05, 4.69) is 35.8 Å². The molecule has 2 fully saturated rings. The van der Waals surface area contributed by atoms with Crippen molar-refractivity contribution in [1.29, 1.82) is 0 Å². The standard InChI is InChI=1S/C31H37F3N8O2/c1-19-5-6-20(15-26(19)44-29-24(17-35-2)27(36-3)39-30(40-29)38-22-9-10-22)28(43)37-23-8-7-21(25(16-23)31(32,33)34)18-42-13-11-41(4)12-14-42/h5-8,15-17,22H,9-14,18H2,1-4H3,(H,37,43)(H2,36,38,39,40). The number of anilines is 3. The molecule has 44 heavy (non-hydrogen) atoms. The van der Waals surface area contributed by atoms with Crippen molar-refractivity contribution >= 4 is 29.6 Å². The van der Waals surface area contributed by atoms with Crippen LogP contribution < -0.4 is 20.7 Å². The fraction of sp³-hybridized carbons (Fsp3) is 0.419. The largest absolute Gasteiger partial charge is 0.438 e. The van der Waals surface area contributed by atoms with Crippen molar-refractivity contribution in [3.63, 3.8) is 0 Å². The van der Waals surface area contributed by atoms with Crippen LogP contribution in [0.25, 0.3) is 0 Å².